The molecule has 0 amide bonds. The molecule has 0 spiro atoms. The van der Waals surface area contributed by atoms with Crippen LogP contribution in [0.1, 0.15) is 25.0 Å². The second-order valence-corrected chi connectivity index (χ2v) is 15.6. The summed E-state index contributed by atoms with van der Waals surface area (Å²) in [6.07, 6.45) is 0. The first-order valence-electron chi connectivity index (χ1n) is 19.8. The van der Waals surface area contributed by atoms with Gasteiger partial charge < -0.3 is 4.42 Å². The number of furan rings is 1. The van der Waals surface area contributed by atoms with Gasteiger partial charge in [0.2, 0.25) is 0 Å². The van der Waals surface area contributed by atoms with Gasteiger partial charge in [0.05, 0.1) is 0 Å². The summed E-state index contributed by atoms with van der Waals surface area (Å²) in [5.41, 5.74) is 16.3. The maximum absolute atomic E-state index is 6.56. The molecule has 0 saturated carbocycles. The lowest BCUT2D eigenvalue weighted by Gasteiger charge is -2.24. The molecule has 4 nitrogen and oxygen atoms in total. The average molecular weight is 744 g/mol. The van der Waals surface area contributed by atoms with Crippen LogP contribution in [0.5, 0.6) is 0 Å². The molecule has 0 unspecified atom stereocenters. The van der Waals surface area contributed by atoms with Gasteiger partial charge >= 0.3 is 0 Å². The van der Waals surface area contributed by atoms with Crippen molar-refractivity contribution in [3.8, 4) is 78.7 Å². The summed E-state index contributed by atoms with van der Waals surface area (Å²) in [5, 5.41) is 2.21. The van der Waals surface area contributed by atoms with Gasteiger partial charge in [0.25, 0.3) is 0 Å². The highest BCUT2D eigenvalue weighted by Gasteiger charge is 2.38. The van der Waals surface area contributed by atoms with Gasteiger partial charge in [-0.05, 0) is 79.9 Å². The molecule has 0 radical (unpaired) electrons. The van der Waals surface area contributed by atoms with Gasteiger partial charge in [-0.1, -0.05) is 178 Å². The van der Waals surface area contributed by atoms with Gasteiger partial charge in [0.15, 0.2) is 17.5 Å². The van der Waals surface area contributed by atoms with Crippen molar-refractivity contribution in [1.82, 2.24) is 15.0 Å². The van der Waals surface area contributed by atoms with Crippen molar-refractivity contribution in [2.24, 2.45) is 0 Å². The fraction of sp³-hybridized carbons (Fsp3) is 0.0556. The number of hydrogen-bond acceptors (Lipinski definition) is 4. The molecule has 0 fully saturated rings. The van der Waals surface area contributed by atoms with Crippen LogP contribution in [0.25, 0.3) is 101 Å². The Kier molecular flexibility index (Phi) is 7.80. The second-order valence-electron chi connectivity index (χ2n) is 15.6. The van der Waals surface area contributed by atoms with E-state index in [2.05, 4.69) is 178 Å². The second kappa shape index (κ2) is 13.4. The molecule has 0 aliphatic heterocycles. The van der Waals surface area contributed by atoms with E-state index in [1.165, 1.54) is 33.4 Å². The van der Waals surface area contributed by atoms with Crippen LogP contribution in [0, 0.1) is 0 Å². The number of rotatable bonds is 6. The Balaban J connectivity index is 0.996. The quantitative estimate of drug-likeness (QED) is 0.170. The van der Waals surface area contributed by atoms with Crippen LogP contribution in [0.4, 0.5) is 0 Å². The van der Waals surface area contributed by atoms with Gasteiger partial charge in [-0.15, -0.1) is 0 Å². The molecule has 0 bridgehead atoms. The molecular weight excluding hydrogens is 707 g/mol. The largest absolute Gasteiger partial charge is 0.456 e. The molecule has 274 valence electrons. The van der Waals surface area contributed by atoms with Crippen LogP contribution in [0.2, 0.25) is 0 Å². The Labute approximate surface area is 337 Å². The molecule has 1 aliphatic rings. The van der Waals surface area contributed by atoms with Gasteiger partial charge in [0, 0.05) is 32.9 Å². The highest BCUT2D eigenvalue weighted by atomic mass is 16.3. The van der Waals surface area contributed by atoms with Crippen molar-refractivity contribution in [3.63, 3.8) is 0 Å². The summed E-state index contributed by atoms with van der Waals surface area (Å²) in [7, 11) is 0. The summed E-state index contributed by atoms with van der Waals surface area (Å²) in [4.78, 5) is 15.5. The molecule has 10 aromatic rings. The summed E-state index contributed by atoms with van der Waals surface area (Å²) >= 11 is 0. The molecule has 8 aromatic carbocycles. The SMILES string of the molecule is CC1(C)c2ccccc2-c2cccc(-c3nc(-c4ccccc4)nc(-c4cccc(-c5ccc6c(c5)oc5cccc(-c7ccc(-c8ccccc8)cc7)c56)c4)n3)c21. The maximum atomic E-state index is 6.56. The van der Waals surface area contributed by atoms with Crippen molar-refractivity contribution >= 4 is 21.9 Å². The van der Waals surface area contributed by atoms with E-state index < -0.39 is 0 Å². The predicted octanol–water partition coefficient (Wildman–Crippen LogP) is 14.1. The summed E-state index contributed by atoms with van der Waals surface area (Å²) in [6, 6.07) is 66.0. The number of benzene rings is 8. The number of hydrogen-bond donors (Lipinski definition) is 0. The molecule has 1 aliphatic carbocycles. The van der Waals surface area contributed by atoms with Gasteiger partial charge in [0.1, 0.15) is 11.2 Å². The molecule has 2 heterocycles. The zero-order valence-corrected chi connectivity index (χ0v) is 32.1. The van der Waals surface area contributed by atoms with E-state index in [4.69, 9.17) is 19.4 Å². The van der Waals surface area contributed by atoms with E-state index in [1.807, 2.05) is 24.3 Å². The van der Waals surface area contributed by atoms with Gasteiger partial charge in [-0.3, -0.25) is 0 Å². The van der Waals surface area contributed by atoms with Crippen LogP contribution in [0.15, 0.2) is 192 Å². The van der Waals surface area contributed by atoms with Crippen LogP contribution in [-0.2, 0) is 5.41 Å². The Morgan fingerprint density at radius 3 is 1.71 bits per heavy atom. The normalized spacial score (nSPS) is 12.8. The van der Waals surface area contributed by atoms with Crippen molar-refractivity contribution in [2.75, 3.05) is 0 Å². The van der Waals surface area contributed by atoms with Crippen molar-refractivity contribution in [2.45, 2.75) is 19.3 Å². The minimum atomic E-state index is -0.217. The van der Waals surface area contributed by atoms with E-state index in [1.54, 1.807) is 0 Å². The molecule has 0 N–H and O–H groups in total. The number of fused-ring (bicyclic) bond motifs is 6. The standard InChI is InChI=1S/C54H37N3O/c1-54(2)46-24-10-9-20-42(46)43-22-12-23-45(50(43)54)53-56-51(37-16-7-4-8-17-37)55-52(57-53)40-19-11-18-38(32-40)39-30-31-44-48(33-39)58-47-25-13-21-41(49(44)47)36-28-26-35(27-29-36)34-14-5-3-6-15-34/h3-33H,1-2H3. The van der Waals surface area contributed by atoms with E-state index in [-0.39, 0.29) is 5.41 Å². The number of nitrogens with zero attached hydrogens (tertiary/aromatic N) is 3. The topological polar surface area (TPSA) is 51.8 Å². The Bertz CT molecular complexity index is 3180. The zero-order chi connectivity index (χ0) is 38.8. The Morgan fingerprint density at radius 2 is 0.897 bits per heavy atom. The fourth-order valence-electron chi connectivity index (χ4n) is 8.93. The van der Waals surface area contributed by atoms with Crippen molar-refractivity contribution in [3.05, 3.63) is 199 Å². The van der Waals surface area contributed by atoms with E-state index >= 15 is 0 Å². The van der Waals surface area contributed by atoms with E-state index in [0.717, 1.165) is 60.9 Å². The fourth-order valence-corrected chi connectivity index (χ4v) is 8.93. The monoisotopic (exact) mass is 743 g/mol. The summed E-state index contributed by atoms with van der Waals surface area (Å²) in [5.74, 6) is 1.94. The lowest BCUT2D eigenvalue weighted by molar-refractivity contribution is 0.661. The highest BCUT2D eigenvalue weighted by molar-refractivity contribution is 6.13. The zero-order valence-electron chi connectivity index (χ0n) is 32.1. The van der Waals surface area contributed by atoms with Crippen LogP contribution < -0.4 is 0 Å². The molecule has 58 heavy (non-hydrogen) atoms. The van der Waals surface area contributed by atoms with E-state index in [9.17, 15) is 0 Å². The lowest BCUT2D eigenvalue weighted by atomic mass is 9.80. The molecule has 2 aromatic heterocycles. The maximum Gasteiger partial charge on any atom is 0.164 e. The molecule has 0 saturated heterocycles. The highest BCUT2D eigenvalue weighted by Crippen LogP contribution is 2.52. The minimum absolute atomic E-state index is 0.217. The third kappa shape index (κ3) is 5.56. The molecule has 11 rings (SSSR count). The third-order valence-corrected chi connectivity index (χ3v) is 11.7. The average Bonchev–Trinajstić information content (AvgIpc) is 3.78. The van der Waals surface area contributed by atoms with E-state index in [0.29, 0.717) is 17.5 Å². The number of aromatic nitrogens is 3. The molecule has 0 atom stereocenters. The first-order valence-corrected chi connectivity index (χ1v) is 19.8. The lowest BCUT2D eigenvalue weighted by Crippen LogP contribution is -2.17. The van der Waals surface area contributed by atoms with Crippen LogP contribution in [-0.4, -0.2) is 15.0 Å². The first kappa shape index (κ1) is 33.9. The molecule has 4 heteroatoms. The first-order chi connectivity index (χ1) is 28.5. The Morgan fingerprint density at radius 1 is 0.362 bits per heavy atom. The van der Waals surface area contributed by atoms with Gasteiger partial charge in [-0.25, -0.2) is 15.0 Å². The van der Waals surface area contributed by atoms with Crippen molar-refractivity contribution < 1.29 is 4.42 Å². The smallest absolute Gasteiger partial charge is 0.164 e. The molecular formula is C54H37N3O. The van der Waals surface area contributed by atoms with Gasteiger partial charge in [-0.2, -0.15) is 0 Å². The third-order valence-electron chi connectivity index (χ3n) is 11.7. The van der Waals surface area contributed by atoms with Crippen LogP contribution >= 0.6 is 0 Å². The summed E-state index contributed by atoms with van der Waals surface area (Å²) in [6.45, 7) is 4.60. The predicted molar refractivity (Wildman–Crippen MR) is 237 cm³/mol. The van der Waals surface area contributed by atoms with Crippen LogP contribution in [0.3, 0.4) is 0 Å². The summed E-state index contributed by atoms with van der Waals surface area (Å²) < 4.78 is 6.56. The minimum Gasteiger partial charge on any atom is -0.456 e. The van der Waals surface area contributed by atoms with Crippen molar-refractivity contribution in [1.29, 1.82) is 0 Å². The Hall–Kier alpha value is -7.43.